The molecule has 3 aromatic carbocycles. The normalized spacial score (nSPS) is 10.6. The Hall–Kier alpha value is -3.55. The lowest BCUT2D eigenvalue weighted by Gasteiger charge is -2.09. The summed E-state index contributed by atoms with van der Waals surface area (Å²) in [6.07, 6.45) is 1.76. The molecule has 166 valence electrons. The number of nitrogens with one attached hydrogen (secondary N) is 1. The standard InChI is InChI=1S/C25H21ClN4O2S/c1-2-16-30-24(21-10-6-7-11-22(21)26)28-29-25(30)33-17-23(31)27-18-12-14-20(15-13-18)32-19-8-4-3-5-9-19/h2-15H,1,16-17H2,(H,27,31). The second-order valence-electron chi connectivity index (χ2n) is 6.96. The third-order valence-corrected chi connectivity index (χ3v) is 5.89. The van der Waals surface area contributed by atoms with E-state index in [2.05, 4.69) is 22.1 Å². The van der Waals surface area contributed by atoms with Gasteiger partial charge in [-0.25, -0.2) is 0 Å². The molecule has 4 aromatic rings. The van der Waals surface area contributed by atoms with Crippen LogP contribution >= 0.6 is 23.4 Å². The van der Waals surface area contributed by atoms with Crippen molar-refractivity contribution in [3.8, 4) is 22.9 Å². The summed E-state index contributed by atoms with van der Waals surface area (Å²) in [5.41, 5.74) is 1.47. The van der Waals surface area contributed by atoms with Crippen molar-refractivity contribution < 1.29 is 9.53 Å². The Labute approximate surface area is 201 Å². The average Bonchev–Trinajstić information content (AvgIpc) is 3.22. The number of carbonyl (C=O) groups excluding carboxylic acids is 1. The molecule has 4 rings (SSSR count). The predicted octanol–water partition coefficient (Wildman–Crippen LogP) is 6.31. The third-order valence-electron chi connectivity index (χ3n) is 4.59. The molecule has 1 heterocycles. The minimum absolute atomic E-state index is 0.149. The van der Waals surface area contributed by atoms with E-state index in [1.807, 2.05) is 65.2 Å². The van der Waals surface area contributed by atoms with Crippen molar-refractivity contribution in [2.45, 2.75) is 11.7 Å². The van der Waals surface area contributed by atoms with Crippen LogP contribution < -0.4 is 10.1 Å². The lowest BCUT2D eigenvalue weighted by Crippen LogP contribution is -2.14. The van der Waals surface area contributed by atoms with Crippen molar-refractivity contribution in [1.29, 1.82) is 0 Å². The van der Waals surface area contributed by atoms with Crippen molar-refractivity contribution in [3.05, 3.63) is 96.5 Å². The highest BCUT2D eigenvalue weighted by Crippen LogP contribution is 2.29. The van der Waals surface area contributed by atoms with Gasteiger partial charge in [-0.15, -0.1) is 16.8 Å². The molecule has 8 heteroatoms. The Kier molecular flexibility index (Phi) is 7.44. The van der Waals surface area contributed by atoms with Gasteiger partial charge in [0, 0.05) is 17.8 Å². The van der Waals surface area contributed by atoms with Crippen molar-refractivity contribution in [1.82, 2.24) is 14.8 Å². The number of allylic oxidation sites excluding steroid dienone is 1. The van der Waals surface area contributed by atoms with E-state index >= 15 is 0 Å². The number of rotatable bonds is 9. The molecule has 1 amide bonds. The van der Waals surface area contributed by atoms with Crippen LogP contribution in [-0.2, 0) is 11.3 Å². The Bertz CT molecular complexity index is 1240. The van der Waals surface area contributed by atoms with Crippen LogP contribution in [0.25, 0.3) is 11.4 Å². The molecule has 0 aliphatic heterocycles. The second kappa shape index (κ2) is 10.8. The molecule has 0 spiro atoms. The first-order chi connectivity index (χ1) is 16.1. The van der Waals surface area contributed by atoms with Crippen LogP contribution in [0.5, 0.6) is 11.5 Å². The number of nitrogens with zero attached hydrogens (tertiary/aromatic N) is 3. The molecule has 0 radical (unpaired) electrons. The van der Waals surface area contributed by atoms with Gasteiger partial charge in [0.2, 0.25) is 5.91 Å². The third kappa shape index (κ3) is 5.83. The lowest BCUT2D eigenvalue weighted by atomic mass is 10.2. The monoisotopic (exact) mass is 476 g/mol. The van der Waals surface area contributed by atoms with Gasteiger partial charge in [-0.2, -0.15) is 0 Å². The Morgan fingerprint density at radius 3 is 2.42 bits per heavy atom. The van der Waals surface area contributed by atoms with Gasteiger partial charge < -0.3 is 10.1 Å². The minimum atomic E-state index is -0.149. The summed E-state index contributed by atoms with van der Waals surface area (Å²) in [7, 11) is 0. The van der Waals surface area contributed by atoms with E-state index in [1.165, 1.54) is 11.8 Å². The summed E-state index contributed by atoms with van der Waals surface area (Å²) < 4.78 is 7.67. The smallest absolute Gasteiger partial charge is 0.234 e. The summed E-state index contributed by atoms with van der Waals surface area (Å²) in [5, 5.41) is 12.6. The molecule has 0 unspecified atom stereocenters. The number of benzene rings is 3. The Morgan fingerprint density at radius 1 is 1.00 bits per heavy atom. The Morgan fingerprint density at radius 2 is 1.70 bits per heavy atom. The van der Waals surface area contributed by atoms with Gasteiger partial charge in [-0.05, 0) is 48.5 Å². The molecule has 0 saturated heterocycles. The summed E-state index contributed by atoms with van der Waals surface area (Å²) in [5.74, 6) is 2.12. The first kappa shape index (κ1) is 22.6. The van der Waals surface area contributed by atoms with E-state index in [9.17, 15) is 4.79 Å². The van der Waals surface area contributed by atoms with Gasteiger partial charge in [0.25, 0.3) is 0 Å². The highest BCUT2D eigenvalue weighted by atomic mass is 35.5. The minimum Gasteiger partial charge on any atom is -0.457 e. The van der Waals surface area contributed by atoms with E-state index in [1.54, 1.807) is 24.3 Å². The second-order valence-corrected chi connectivity index (χ2v) is 8.31. The molecular formula is C25H21ClN4O2S. The van der Waals surface area contributed by atoms with E-state index < -0.39 is 0 Å². The number of anilines is 1. The molecule has 0 saturated carbocycles. The molecule has 1 N–H and O–H groups in total. The predicted molar refractivity (Wildman–Crippen MR) is 133 cm³/mol. The number of para-hydroxylation sites is 1. The first-order valence-electron chi connectivity index (χ1n) is 10.2. The number of amides is 1. The maximum atomic E-state index is 12.5. The van der Waals surface area contributed by atoms with Crippen molar-refractivity contribution in [2.24, 2.45) is 0 Å². The zero-order valence-corrected chi connectivity index (χ0v) is 19.2. The molecule has 0 atom stereocenters. The summed E-state index contributed by atoms with van der Waals surface area (Å²) >= 11 is 7.63. The van der Waals surface area contributed by atoms with E-state index in [4.69, 9.17) is 16.3 Å². The molecule has 0 aliphatic carbocycles. The number of thioether (sulfide) groups is 1. The van der Waals surface area contributed by atoms with Crippen LogP contribution in [0.1, 0.15) is 0 Å². The lowest BCUT2D eigenvalue weighted by molar-refractivity contribution is -0.113. The van der Waals surface area contributed by atoms with Gasteiger partial charge in [0.05, 0.1) is 10.8 Å². The molecule has 33 heavy (non-hydrogen) atoms. The van der Waals surface area contributed by atoms with Crippen molar-refractivity contribution in [3.63, 3.8) is 0 Å². The largest absolute Gasteiger partial charge is 0.457 e. The van der Waals surface area contributed by atoms with Gasteiger partial charge in [0.1, 0.15) is 11.5 Å². The molecule has 1 aromatic heterocycles. The fraction of sp³-hybridized carbons (Fsp3) is 0.0800. The van der Waals surface area contributed by atoms with Gasteiger partial charge in [0.15, 0.2) is 11.0 Å². The molecule has 0 aliphatic rings. The SMILES string of the molecule is C=CCn1c(SCC(=O)Nc2ccc(Oc3ccccc3)cc2)nnc1-c1ccccc1Cl. The molecule has 0 fully saturated rings. The van der Waals surface area contributed by atoms with Gasteiger partial charge >= 0.3 is 0 Å². The van der Waals surface area contributed by atoms with Crippen LogP contribution in [0, 0.1) is 0 Å². The van der Waals surface area contributed by atoms with Gasteiger partial charge in [-0.1, -0.05) is 59.8 Å². The van der Waals surface area contributed by atoms with Crippen LogP contribution in [0.3, 0.4) is 0 Å². The highest BCUT2D eigenvalue weighted by Gasteiger charge is 2.16. The fourth-order valence-corrected chi connectivity index (χ4v) is 4.06. The van der Waals surface area contributed by atoms with Crippen LogP contribution in [-0.4, -0.2) is 26.4 Å². The quantitative estimate of drug-likeness (QED) is 0.226. The van der Waals surface area contributed by atoms with Crippen LogP contribution in [0.2, 0.25) is 5.02 Å². The zero-order valence-electron chi connectivity index (χ0n) is 17.6. The topological polar surface area (TPSA) is 69.0 Å². The van der Waals surface area contributed by atoms with Crippen LogP contribution in [0.4, 0.5) is 5.69 Å². The van der Waals surface area contributed by atoms with Crippen molar-refractivity contribution >= 4 is 35.0 Å². The number of halogens is 1. The summed E-state index contributed by atoms with van der Waals surface area (Å²) in [6.45, 7) is 4.31. The zero-order chi connectivity index (χ0) is 23.0. The maximum Gasteiger partial charge on any atom is 0.234 e. The molecule has 6 nitrogen and oxygen atoms in total. The van der Waals surface area contributed by atoms with Gasteiger partial charge in [-0.3, -0.25) is 9.36 Å². The van der Waals surface area contributed by atoms with E-state index in [0.29, 0.717) is 34.0 Å². The average molecular weight is 477 g/mol. The summed E-state index contributed by atoms with van der Waals surface area (Å²) in [6, 6.07) is 24.2. The highest BCUT2D eigenvalue weighted by molar-refractivity contribution is 7.99. The number of carbonyl (C=O) groups is 1. The number of hydrogen-bond acceptors (Lipinski definition) is 5. The van der Waals surface area contributed by atoms with E-state index in [0.717, 1.165) is 11.3 Å². The number of aromatic nitrogens is 3. The number of hydrogen-bond donors (Lipinski definition) is 1. The molecule has 0 bridgehead atoms. The number of ether oxygens (including phenoxy) is 1. The maximum absolute atomic E-state index is 12.5. The van der Waals surface area contributed by atoms with Crippen LogP contribution in [0.15, 0.2) is 96.7 Å². The fourth-order valence-electron chi connectivity index (χ4n) is 3.09. The van der Waals surface area contributed by atoms with E-state index in [-0.39, 0.29) is 11.7 Å². The summed E-state index contributed by atoms with van der Waals surface area (Å²) in [4.78, 5) is 12.5. The molecular weight excluding hydrogens is 456 g/mol. The first-order valence-corrected chi connectivity index (χ1v) is 11.5. The Balaban J connectivity index is 1.38. The van der Waals surface area contributed by atoms with Crippen molar-refractivity contribution in [2.75, 3.05) is 11.1 Å².